The molecular formula is C15H22N4O. The first kappa shape index (κ1) is 13.4. The van der Waals surface area contributed by atoms with Crippen molar-refractivity contribution in [2.75, 3.05) is 5.73 Å². The van der Waals surface area contributed by atoms with E-state index in [0.717, 1.165) is 24.1 Å². The maximum absolute atomic E-state index is 9.29. The normalized spacial score (nSPS) is 18.7. The van der Waals surface area contributed by atoms with Crippen LogP contribution >= 0.6 is 0 Å². The van der Waals surface area contributed by atoms with E-state index < -0.39 is 0 Å². The molecule has 0 bridgehead atoms. The van der Waals surface area contributed by atoms with Gasteiger partial charge in [-0.1, -0.05) is 13.8 Å². The summed E-state index contributed by atoms with van der Waals surface area (Å²) in [6.07, 6.45) is 4.50. The van der Waals surface area contributed by atoms with Crippen molar-refractivity contribution in [1.29, 1.82) is 0 Å². The molecule has 108 valence electrons. The van der Waals surface area contributed by atoms with Crippen LogP contribution in [0.3, 0.4) is 0 Å². The van der Waals surface area contributed by atoms with Crippen LogP contribution in [0.5, 0.6) is 0 Å². The largest absolute Gasteiger partial charge is 0.388 e. The number of aliphatic hydroxyl groups excluding tert-OH is 1. The molecule has 0 saturated carbocycles. The fourth-order valence-electron chi connectivity index (χ4n) is 3.38. The molecular weight excluding hydrogens is 252 g/mol. The number of H-pyrrole nitrogens is 1. The predicted molar refractivity (Wildman–Crippen MR) is 79.4 cm³/mol. The van der Waals surface area contributed by atoms with Gasteiger partial charge in [0.1, 0.15) is 17.9 Å². The summed E-state index contributed by atoms with van der Waals surface area (Å²) in [5, 5.41) is 9.29. The number of aryl methyl sites for hydroxylation is 1. The van der Waals surface area contributed by atoms with E-state index in [1.165, 1.54) is 18.4 Å². The minimum absolute atomic E-state index is 0.0995. The quantitative estimate of drug-likeness (QED) is 0.802. The summed E-state index contributed by atoms with van der Waals surface area (Å²) in [5.41, 5.74) is 10.1. The highest BCUT2D eigenvalue weighted by atomic mass is 16.3. The molecule has 1 atom stereocenters. The molecule has 3 rings (SSSR count). The van der Waals surface area contributed by atoms with Crippen molar-refractivity contribution in [1.82, 2.24) is 15.0 Å². The molecule has 0 fully saturated rings. The molecule has 0 aromatic carbocycles. The molecule has 4 N–H and O–H groups in total. The molecule has 5 heteroatoms. The van der Waals surface area contributed by atoms with Crippen molar-refractivity contribution in [3.8, 4) is 0 Å². The van der Waals surface area contributed by atoms with Gasteiger partial charge >= 0.3 is 0 Å². The second kappa shape index (κ2) is 5.05. The average molecular weight is 274 g/mol. The molecule has 2 heterocycles. The number of aromatic amines is 1. The third-order valence-electron chi connectivity index (χ3n) is 4.11. The number of fused-ring (bicyclic) bond motifs is 3. The Morgan fingerprint density at radius 3 is 2.90 bits per heavy atom. The van der Waals surface area contributed by atoms with Gasteiger partial charge < -0.3 is 15.8 Å². The molecule has 20 heavy (non-hydrogen) atoms. The topological polar surface area (TPSA) is 87.8 Å². The second-order valence-corrected chi connectivity index (χ2v) is 6.14. The number of hydrogen-bond donors (Lipinski definition) is 3. The van der Waals surface area contributed by atoms with E-state index in [4.69, 9.17) is 5.73 Å². The van der Waals surface area contributed by atoms with Crippen molar-refractivity contribution in [3.63, 3.8) is 0 Å². The number of aliphatic hydroxyl groups is 1. The van der Waals surface area contributed by atoms with Crippen LogP contribution in [0.15, 0.2) is 0 Å². The fourth-order valence-corrected chi connectivity index (χ4v) is 3.38. The van der Waals surface area contributed by atoms with Gasteiger partial charge in [0.2, 0.25) is 0 Å². The lowest BCUT2D eigenvalue weighted by molar-refractivity contribution is 0.273. The van der Waals surface area contributed by atoms with Gasteiger partial charge in [0, 0.05) is 11.3 Å². The highest BCUT2D eigenvalue weighted by molar-refractivity contribution is 5.88. The zero-order chi connectivity index (χ0) is 14.3. The molecule has 0 amide bonds. The number of nitrogens with two attached hydrogens (primary N) is 1. The summed E-state index contributed by atoms with van der Waals surface area (Å²) in [7, 11) is 0. The van der Waals surface area contributed by atoms with Crippen molar-refractivity contribution in [2.45, 2.75) is 52.1 Å². The van der Waals surface area contributed by atoms with Crippen LogP contribution in [0.4, 0.5) is 5.82 Å². The number of imidazole rings is 1. The minimum Gasteiger partial charge on any atom is -0.388 e. The lowest BCUT2D eigenvalue weighted by atomic mass is 9.80. The molecule has 0 radical (unpaired) electrons. The monoisotopic (exact) mass is 274 g/mol. The summed E-state index contributed by atoms with van der Waals surface area (Å²) in [5.74, 6) is 2.20. The molecule has 2 aromatic heterocycles. The van der Waals surface area contributed by atoms with E-state index >= 15 is 0 Å². The Balaban J connectivity index is 2.19. The van der Waals surface area contributed by atoms with Crippen molar-refractivity contribution >= 4 is 16.9 Å². The van der Waals surface area contributed by atoms with Gasteiger partial charge in [-0.2, -0.15) is 0 Å². The van der Waals surface area contributed by atoms with Gasteiger partial charge in [0.05, 0.1) is 5.52 Å². The first-order valence-corrected chi connectivity index (χ1v) is 7.37. The number of anilines is 1. The summed E-state index contributed by atoms with van der Waals surface area (Å²) in [6, 6.07) is 0. The summed E-state index contributed by atoms with van der Waals surface area (Å²) < 4.78 is 0. The number of nitrogen functional groups attached to an aromatic ring is 1. The Morgan fingerprint density at radius 2 is 2.20 bits per heavy atom. The fraction of sp³-hybridized carbons (Fsp3) is 0.600. The Bertz CT molecular complexity index is 632. The summed E-state index contributed by atoms with van der Waals surface area (Å²) in [4.78, 5) is 12.2. The Labute approximate surface area is 118 Å². The smallest absolute Gasteiger partial charge is 0.151 e. The van der Waals surface area contributed by atoms with Gasteiger partial charge in [-0.25, -0.2) is 9.97 Å². The van der Waals surface area contributed by atoms with E-state index in [0.29, 0.717) is 29.0 Å². The number of rotatable bonds is 3. The summed E-state index contributed by atoms with van der Waals surface area (Å²) >= 11 is 0. The van der Waals surface area contributed by atoms with Crippen molar-refractivity contribution < 1.29 is 5.11 Å². The number of hydrogen-bond acceptors (Lipinski definition) is 4. The Kier molecular flexibility index (Phi) is 3.38. The van der Waals surface area contributed by atoms with Gasteiger partial charge in [0.25, 0.3) is 0 Å². The van der Waals surface area contributed by atoms with E-state index in [1.54, 1.807) is 0 Å². The van der Waals surface area contributed by atoms with Crippen LogP contribution in [0.25, 0.3) is 11.0 Å². The molecule has 1 aliphatic rings. The van der Waals surface area contributed by atoms with Crippen LogP contribution in [0, 0.1) is 5.92 Å². The van der Waals surface area contributed by atoms with E-state index in [9.17, 15) is 5.11 Å². The molecule has 1 unspecified atom stereocenters. The number of aromatic nitrogens is 3. The second-order valence-electron chi connectivity index (χ2n) is 6.14. The van der Waals surface area contributed by atoms with E-state index in [1.807, 2.05) is 0 Å². The molecule has 5 nitrogen and oxygen atoms in total. The van der Waals surface area contributed by atoms with E-state index in [-0.39, 0.29) is 6.61 Å². The first-order valence-electron chi connectivity index (χ1n) is 7.37. The lowest BCUT2D eigenvalue weighted by Crippen LogP contribution is -2.15. The summed E-state index contributed by atoms with van der Waals surface area (Å²) in [6.45, 7) is 4.41. The lowest BCUT2D eigenvalue weighted by Gasteiger charge is -2.26. The minimum atomic E-state index is -0.0995. The molecule has 1 aliphatic carbocycles. The van der Waals surface area contributed by atoms with Gasteiger partial charge in [-0.3, -0.25) is 0 Å². The highest BCUT2D eigenvalue weighted by Gasteiger charge is 2.27. The van der Waals surface area contributed by atoms with Crippen molar-refractivity contribution in [3.05, 3.63) is 17.1 Å². The molecule has 0 saturated heterocycles. The standard InChI is InChI=1S/C15H22N4O/c1-8(2)6-9-4-3-5-10-12(9)13-14(15(16)17-10)19-11(7-20)18-13/h8-9,20H,3-7H2,1-2H3,(H2,16,17)(H,18,19). The van der Waals surface area contributed by atoms with Crippen LogP contribution < -0.4 is 5.73 Å². The third-order valence-corrected chi connectivity index (χ3v) is 4.11. The molecule has 2 aromatic rings. The molecule has 0 aliphatic heterocycles. The third kappa shape index (κ3) is 2.16. The van der Waals surface area contributed by atoms with Gasteiger partial charge in [-0.15, -0.1) is 0 Å². The Morgan fingerprint density at radius 1 is 1.40 bits per heavy atom. The number of nitrogens with one attached hydrogen (secondary N) is 1. The Hall–Kier alpha value is -1.62. The molecule has 0 spiro atoms. The van der Waals surface area contributed by atoms with Crippen LogP contribution in [-0.2, 0) is 13.0 Å². The van der Waals surface area contributed by atoms with E-state index in [2.05, 4.69) is 28.8 Å². The number of nitrogens with zero attached hydrogens (tertiary/aromatic N) is 2. The van der Waals surface area contributed by atoms with Crippen LogP contribution in [-0.4, -0.2) is 20.1 Å². The zero-order valence-electron chi connectivity index (χ0n) is 12.1. The van der Waals surface area contributed by atoms with Crippen LogP contribution in [0.2, 0.25) is 0 Å². The first-order chi connectivity index (χ1) is 9.60. The zero-order valence-corrected chi connectivity index (χ0v) is 12.1. The van der Waals surface area contributed by atoms with Gasteiger partial charge in [-0.05, 0) is 37.5 Å². The maximum Gasteiger partial charge on any atom is 0.151 e. The van der Waals surface area contributed by atoms with Gasteiger partial charge in [0.15, 0.2) is 5.82 Å². The highest BCUT2D eigenvalue weighted by Crippen LogP contribution is 2.39. The number of pyridine rings is 1. The van der Waals surface area contributed by atoms with Crippen molar-refractivity contribution in [2.24, 2.45) is 5.92 Å². The SMILES string of the molecule is CC(C)CC1CCCc2nc(N)c3nc(CO)[nH]c3c21. The maximum atomic E-state index is 9.29. The van der Waals surface area contributed by atoms with Crippen LogP contribution in [0.1, 0.15) is 56.1 Å². The predicted octanol–water partition coefficient (Wildman–Crippen LogP) is 2.50. The average Bonchev–Trinajstić information content (AvgIpc) is 2.83.